The van der Waals surface area contributed by atoms with Gasteiger partial charge in [-0.25, -0.2) is 4.79 Å². The van der Waals surface area contributed by atoms with Gasteiger partial charge in [-0.15, -0.1) is 0 Å². The van der Waals surface area contributed by atoms with Crippen molar-refractivity contribution in [1.29, 1.82) is 0 Å². The number of nitrogens with one attached hydrogen (secondary N) is 1. The molecule has 0 aromatic rings. The molecule has 0 bridgehead atoms. The fraction of sp³-hybridized carbons (Fsp3) is 0.800. The summed E-state index contributed by atoms with van der Waals surface area (Å²) in [6.07, 6.45) is 2.80. The molecule has 0 aliphatic rings. The largest absolute Gasteiger partial charge is 0.460 e. The molecule has 0 radical (unpaired) electrons. The number of hydrogen-bond acceptors (Lipinski definition) is 5. The first-order chi connectivity index (χ1) is 7.18. The summed E-state index contributed by atoms with van der Waals surface area (Å²) >= 11 is 0. The van der Waals surface area contributed by atoms with Crippen molar-refractivity contribution >= 4 is 11.8 Å². The van der Waals surface area contributed by atoms with E-state index in [0.717, 1.165) is 38.9 Å². The highest BCUT2D eigenvalue weighted by Crippen LogP contribution is 1.86. The number of nitrogens with two attached hydrogens (primary N) is 1. The Morgan fingerprint density at radius 1 is 1.20 bits per heavy atom. The van der Waals surface area contributed by atoms with Crippen molar-refractivity contribution in [1.82, 2.24) is 5.32 Å². The fourth-order valence-electron chi connectivity index (χ4n) is 0.983. The van der Waals surface area contributed by atoms with E-state index < -0.39 is 11.8 Å². The minimum atomic E-state index is -0.752. The summed E-state index contributed by atoms with van der Waals surface area (Å²) in [5, 5.41) is 3.19. The van der Waals surface area contributed by atoms with Crippen LogP contribution in [-0.4, -0.2) is 38.0 Å². The maximum atomic E-state index is 10.7. The van der Waals surface area contributed by atoms with Crippen LogP contribution in [0.3, 0.4) is 0 Å². The van der Waals surface area contributed by atoms with Crippen LogP contribution in [0.1, 0.15) is 26.2 Å². The lowest BCUT2D eigenvalue weighted by atomic mass is 10.3. The average molecular weight is 216 g/mol. The summed E-state index contributed by atoms with van der Waals surface area (Å²) in [6.45, 7) is 3.93. The second kappa shape index (κ2) is 9.61. The summed E-state index contributed by atoms with van der Waals surface area (Å²) in [5.41, 5.74) is 5.34. The Labute approximate surface area is 90.4 Å². The van der Waals surface area contributed by atoms with Crippen LogP contribution in [0.25, 0.3) is 0 Å². The van der Waals surface area contributed by atoms with Crippen LogP contribution in [0.2, 0.25) is 0 Å². The number of Topliss-reactive ketones (excluding diaryl/α,β-unsaturated/α-hetero) is 1. The van der Waals surface area contributed by atoms with Crippen LogP contribution in [-0.2, 0) is 14.3 Å². The number of carbonyl (C=O) groups is 2. The third-order valence-corrected chi connectivity index (χ3v) is 1.83. The Morgan fingerprint density at radius 3 is 2.47 bits per heavy atom. The van der Waals surface area contributed by atoms with E-state index in [1.165, 1.54) is 6.92 Å². The standard InChI is InChI=1S/C10H20N2O3/c1-9(13)10(14)15-8-4-7-12-6-3-2-5-11/h12H,2-8,11H2,1H3. The molecule has 0 aliphatic carbocycles. The minimum absolute atomic E-state index is 0.294. The molecule has 15 heavy (non-hydrogen) atoms. The number of hydrogen-bond donors (Lipinski definition) is 2. The Kier molecular flexibility index (Phi) is 9.01. The summed E-state index contributed by atoms with van der Waals surface area (Å²) < 4.78 is 4.68. The lowest BCUT2D eigenvalue weighted by Gasteiger charge is -2.04. The number of rotatable bonds is 9. The molecule has 3 N–H and O–H groups in total. The Morgan fingerprint density at radius 2 is 1.87 bits per heavy atom. The molecule has 5 heteroatoms. The highest BCUT2D eigenvalue weighted by Gasteiger charge is 2.07. The third-order valence-electron chi connectivity index (χ3n) is 1.83. The number of carbonyl (C=O) groups excluding carboxylic acids is 2. The molecular weight excluding hydrogens is 196 g/mol. The molecule has 0 saturated carbocycles. The molecular formula is C10H20N2O3. The maximum Gasteiger partial charge on any atom is 0.374 e. The zero-order chi connectivity index (χ0) is 11.5. The van der Waals surface area contributed by atoms with E-state index in [1.807, 2.05) is 0 Å². The first-order valence-electron chi connectivity index (χ1n) is 5.27. The van der Waals surface area contributed by atoms with Crippen LogP contribution in [0.4, 0.5) is 0 Å². The van der Waals surface area contributed by atoms with Gasteiger partial charge < -0.3 is 15.8 Å². The van der Waals surface area contributed by atoms with Crippen molar-refractivity contribution in [3.05, 3.63) is 0 Å². The van der Waals surface area contributed by atoms with E-state index in [4.69, 9.17) is 5.73 Å². The van der Waals surface area contributed by atoms with Crippen LogP contribution in [0.15, 0.2) is 0 Å². The van der Waals surface area contributed by atoms with Crippen molar-refractivity contribution in [3.8, 4) is 0 Å². The summed E-state index contributed by atoms with van der Waals surface area (Å²) in [6, 6.07) is 0. The quantitative estimate of drug-likeness (QED) is 0.318. The van der Waals surface area contributed by atoms with Gasteiger partial charge >= 0.3 is 5.97 Å². The number of ether oxygens (including phenoxy) is 1. The Balaban J connectivity index is 3.11. The average Bonchev–Trinajstić information content (AvgIpc) is 2.21. The highest BCUT2D eigenvalue weighted by molar-refractivity contribution is 6.32. The van der Waals surface area contributed by atoms with Crippen molar-refractivity contribution in [3.63, 3.8) is 0 Å². The van der Waals surface area contributed by atoms with Gasteiger partial charge in [0.15, 0.2) is 0 Å². The molecule has 0 aromatic carbocycles. The van der Waals surface area contributed by atoms with E-state index in [-0.39, 0.29) is 0 Å². The molecule has 5 nitrogen and oxygen atoms in total. The Bertz CT molecular complexity index is 195. The van der Waals surface area contributed by atoms with Gasteiger partial charge in [-0.05, 0) is 38.9 Å². The van der Waals surface area contributed by atoms with Crippen LogP contribution >= 0.6 is 0 Å². The van der Waals surface area contributed by atoms with E-state index in [9.17, 15) is 9.59 Å². The van der Waals surface area contributed by atoms with Gasteiger partial charge in [0, 0.05) is 6.92 Å². The van der Waals surface area contributed by atoms with E-state index in [0.29, 0.717) is 6.61 Å². The molecule has 0 fully saturated rings. The second-order valence-corrected chi connectivity index (χ2v) is 3.29. The van der Waals surface area contributed by atoms with Gasteiger partial charge in [-0.2, -0.15) is 0 Å². The van der Waals surface area contributed by atoms with Crippen LogP contribution in [0, 0.1) is 0 Å². The lowest BCUT2D eigenvalue weighted by Crippen LogP contribution is -2.21. The van der Waals surface area contributed by atoms with Gasteiger partial charge in [0.25, 0.3) is 0 Å². The molecule has 0 amide bonds. The minimum Gasteiger partial charge on any atom is -0.460 e. The smallest absolute Gasteiger partial charge is 0.374 e. The maximum absolute atomic E-state index is 10.7. The van der Waals surface area contributed by atoms with Crippen molar-refractivity contribution in [2.75, 3.05) is 26.2 Å². The van der Waals surface area contributed by atoms with Gasteiger partial charge in [-0.1, -0.05) is 0 Å². The summed E-state index contributed by atoms with van der Waals surface area (Å²) in [5.74, 6) is -1.30. The topological polar surface area (TPSA) is 81.4 Å². The van der Waals surface area contributed by atoms with Crippen LogP contribution < -0.4 is 11.1 Å². The normalized spacial score (nSPS) is 10.0. The van der Waals surface area contributed by atoms with E-state index >= 15 is 0 Å². The number of ketones is 1. The predicted octanol–water partition coefficient (Wildman–Crippen LogP) is -0.163. The molecule has 0 atom stereocenters. The molecule has 88 valence electrons. The highest BCUT2D eigenvalue weighted by atomic mass is 16.5. The summed E-state index contributed by atoms with van der Waals surface area (Å²) in [4.78, 5) is 21.2. The monoisotopic (exact) mass is 216 g/mol. The van der Waals surface area contributed by atoms with Crippen LogP contribution in [0.5, 0.6) is 0 Å². The van der Waals surface area contributed by atoms with Gasteiger partial charge in [0.05, 0.1) is 6.61 Å². The lowest BCUT2D eigenvalue weighted by molar-refractivity contribution is -0.153. The van der Waals surface area contributed by atoms with E-state index in [1.54, 1.807) is 0 Å². The zero-order valence-electron chi connectivity index (χ0n) is 9.25. The SMILES string of the molecule is CC(=O)C(=O)OCCCNCCCCN. The molecule has 0 aliphatic heterocycles. The first-order valence-corrected chi connectivity index (χ1v) is 5.27. The van der Waals surface area contributed by atoms with Gasteiger partial charge in [-0.3, -0.25) is 4.79 Å². The van der Waals surface area contributed by atoms with Crippen molar-refractivity contribution < 1.29 is 14.3 Å². The molecule has 0 spiro atoms. The first kappa shape index (κ1) is 14.1. The number of unbranched alkanes of at least 4 members (excludes halogenated alkanes) is 1. The molecule has 0 rings (SSSR count). The fourth-order valence-corrected chi connectivity index (χ4v) is 0.983. The number of esters is 1. The Hall–Kier alpha value is -0.940. The summed E-state index contributed by atoms with van der Waals surface area (Å²) in [7, 11) is 0. The molecule has 0 heterocycles. The zero-order valence-corrected chi connectivity index (χ0v) is 9.25. The second-order valence-electron chi connectivity index (χ2n) is 3.29. The van der Waals surface area contributed by atoms with Gasteiger partial charge in [0.2, 0.25) is 5.78 Å². The third kappa shape index (κ3) is 9.37. The molecule has 0 aromatic heterocycles. The van der Waals surface area contributed by atoms with Crippen molar-refractivity contribution in [2.24, 2.45) is 5.73 Å². The van der Waals surface area contributed by atoms with E-state index in [2.05, 4.69) is 10.1 Å². The molecule has 0 unspecified atom stereocenters. The van der Waals surface area contributed by atoms with Crippen molar-refractivity contribution in [2.45, 2.75) is 26.2 Å². The molecule has 0 saturated heterocycles. The van der Waals surface area contributed by atoms with Gasteiger partial charge in [0.1, 0.15) is 0 Å². The predicted molar refractivity (Wildman–Crippen MR) is 57.4 cm³/mol.